The molecular formula is C13H16N4O. The summed E-state index contributed by atoms with van der Waals surface area (Å²) in [6.07, 6.45) is 1.59. The summed E-state index contributed by atoms with van der Waals surface area (Å²) >= 11 is 0. The van der Waals surface area contributed by atoms with Crippen LogP contribution in [0.5, 0.6) is 0 Å². The summed E-state index contributed by atoms with van der Waals surface area (Å²) in [5.41, 5.74) is 8.06. The number of nitrogens with two attached hydrogens (primary N) is 1. The predicted molar refractivity (Wildman–Crippen MR) is 70.2 cm³/mol. The number of amides is 1. The number of aryl methyl sites for hydroxylation is 1. The van der Waals surface area contributed by atoms with Gasteiger partial charge in [0, 0.05) is 25.0 Å². The molecule has 0 aliphatic heterocycles. The van der Waals surface area contributed by atoms with Gasteiger partial charge in [-0.2, -0.15) is 5.10 Å². The van der Waals surface area contributed by atoms with Gasteiger partial charge in [0.15, 0.2) is 0 Å². The van der Waals surface area contributed by atoms with Crippen molar-refractivity contribution in [3.05, 3.63) is 47.8 Å². The number of anilines is 1. The number of rotatable bonds is 3. The van der Waals surface area contributed by atoms with Gasteiger partial charge in [-0.25, -0.2) is 0 Å². The molecule has 0 saturated carbocycles. The predicted octanol–water partition coefficient (Wildman–Crippen LogP) is 1.69. The van der Waals surface area contributed by atoms with Crippen LogP contribution in [0.3, 0.4) is 0 Å². The van der Waals surface area contributed by atoms with Crippen molar-refractivity contribution in [3.63, 3.8) is 0 Å². The highest BCUT2D eigenvalue weighted by Gasteiger charge is 2.09. The first kappa shape index (κ1) is 12.3. The number of aromatic nitrogens is 2. The molecular weight excluding hydrogens is 228 g/mol. The molecule has 2 aromatic rings. The molecule has 0 radical (unpaired) electrons. The van der Waals surface area contributed by atoms with E-state index in [1.165, 1.54) is 4.68 Å². The molecule has 0 aliphatic carbocycles. The summed E-state index contributed by atoms with van der Waals surface area (Å²) in [5, 5.41) is 6.77. The maximum Gasteiger partial charge on any atom is 0.273 e. The third-order valence-corrected chi connectivity index (χ3v) is 2.75. The van der Waals surface area contributed by atoms with E-state index in [1.807, 2.05) is 31.2 Å². The van der Waals surface area contributed by atoms with Crippen molar-refractivity contribution in [2.24, 2.45) is 12.8 Å². The van der Waals surface area contributed by atoms with Gasteiger partial charge in [0.1, 0.15) is 5.69 Å². The second kappa shape index (κ2) is 5.01. The first-order valence-corrected chi connectivity index (χ1v) is 5.73. The van der Waals surface area contributed by atoms with E-state index in [0.717, 1.165) is 11.3 Å². The monoisotopic (exact) mass is 244 g/mol. The maximum atomic E-state index is 11.9. The van der Waals surface area contributed by atoms with E-state index < -0.39 is 0 Å². The number of nitrogens with one attached hydrogen (secondary N) is 1. The number of benzene rings is 1. The minimum atomic E-state index is -0.177. The van der Waals surface area contributed by atoms with E-state index in [2.05, 4.69) is 10.4 Å². The van der Waals surface area contributed by atoms with Gasteiger partial charge in [-0.1, -0.05) is 12.1 Å². The highest BCUT2D eigenvalue weighted by molar-refractivity contribution is 6.02. The molecule has 3 N–H and O–H groups in total. The number of hydrogen-bond acceptors (Lipinski definition) is 3. The highest BCUT2D eigenvalue weighted by Crippen LogP contribution is 2.14. The van der Waals surface area contributed by atoms with Crippen LogP contribution >= 0.6 is 0 Å². The van der Waals surface area contributed by atoms with Gasteiger partial charge in [-0.3, -0.25) is 9.48 Å². The quantitative estimate of drug-likeness (QED) is 0.863. The third kappa shape index (κ3) is 2.57. The zero-order chi connectivity index (χ0) is 13.1. The van der Waals surface area contributed by atoms with Crippen molar-refractivity contribution >= 4 is 11.6 Å². The van der Waals surface area contributed by atoms with Crippen molar-refractivity contribution in [3.8, 4) is 0 Å². The van der Waals surface area contributed by atoms with Crippen molar-refractivity contribution in [1.82, 2.24) is 9.78 Å². The lowest BCUT2D eigenvalue weighted by atomic mass is 10.1. The zero-order valence-electron chi connectivity index (χ0n) is 10.4. The van der Waals surface area contributed by atoms with Crippen LogP contribution < -0.4 is 11.1 Å². The summed E-state index contributed by atoms with van der Waals surface area (Å²) < 4.78 is 1.53. The molecule has 5 nitrogen and oxygen atoms in total. The first-order valence-electron chi connectivity index (χ1n) is 5.73. The van der Waals surface area contributed by atoms with E-state index >= 15 is 0 Å². The van der Waals surface area contributed by atoms with Gasteiger partial charge in [0.25, 0.3) is 5.91 Å². The normalized spacial score (nSPS) is 12.2. The zero-order valence-corrected chi connectivity index (χ0v) is 10.4. The van der Waals surface area contributed by atoms with Gasteiger partial charge in [-0.05, 0) is 30.7 Å². The number of nitrogens with zero attached hydrogens (tertiary/aromatic N) is 2. The Morgan fingerprint density at radius 3 is 2.50 bits per heavy atom. The summed E-state index contributed by atoms with van der Waals surface area (Å²) in [7, 11) is 1.73. The Labute approximate surface area is 106 Å². The summed E-state index contributed by atoms with van der Waals surface area (Å²) in [6.45, 7) is 1.92. The van der Waals surface area contributed by atoms with Crippen molar-refractivity contribution in [2.45, 2.75) is 13.0 Å². The maximum absolute atomic E-state index is 11.9. The Morgan fingerprint density at radius 2 is 2.00 bits per heavy atom. The lowest BCUT2D eigenvalue weighted by Gasteiger charge is -2.08. The van der Waals surface area contributed by atoms with Gasteiger partial charge < -0.3 is 11.1 Å². The van der Waals surface area contributed by atoms with Crippen molar-refractivity contribution in [1.29, 1.82) is 0 Å². The Hall–Kier alpha value is -2.14. The SMILES string of the molecule is CC(N)c1ccc(NC(=O)c2ccnn2C)cc1. The van der Waals surface area contributed by atoms with Crippen LogP contribution in [-0.4, -0.2) is 15.7 Å². The van der Waals surface area contributed by atoms with Crippen LogP contribution in [0.15, 0.2) is 36.5 Å². The molecule has 1 unspecified atom stereocenters. The molecule has 0 bridgehead atoms. The Balaban J connectivity index is 2.10. The average molecular weight is 244 g/mol. The molecule has 1 heterocycles. The van der Waals surface area contributed by atoms with E-state index in [9.17, 15) is 4.79 Å². The molecule has 1 amide bonds. The smallest absolute Gasteiger partial charge is 0.273 e. The molecule has 0 aliphatic rings. The third-order valence-electron chi connectivity index (χ3n) is 2.75. The minimum Gasteiger partial charge on any atom is -0.324 e. The Bertz CT molecular complexity index is 542. The number of carbonyl (C=O) groups excluding carboxylic acids is 1. The molecule has 1 atom stereocenters. The summed E-state index contributed by atoms with van der Waals surface area (Å²) in [5.74, 6) is -0.177. The Kier molecular flexibility index (Phi) is 3.43. The average Bonchev–Trinajstić information content (AvgIpc) is 2.76. The molecule has 5 heteroatoms. The van der Waals surface area contributed by atoms with Crippen molar-refractivity contribution in [2.75, 3.05) is 5.32 Å². The van der Waals surface area contributed by atoms with Crippen LogP contribution in [0.1, 0.15) is 29.0 Å². The lowest BCUT2D eigenvalue weighted by Crippen LogP contribution is -2.16. The van der Waals surface area contributed by atoms with Gasteiger partial charge in [-0.15, -0.1) is 0 Å². The molecule has 0 saturated heterocycles. The van der Waals surface area contributed by atoms with Crippen molar-refractivity contribution < 1.29 is 4.79 Å². The minimum absolute atomic E-state index is 0.00757. The van der Waals surface area contributed by atoms with Gasteiger partial charge >= 0.3 is 0 Å². The van der Waals surface area contributed by atoms with Crippen LogP contribution in [0, 0.1) is 0 Å². The summed E-state index contributed by atoms with van der Waals surface area (Å²) in [4.78, 5) is 11.9. The van der Waals surface area contributed by atoms with Crippen LogP contribution in [0.4, 0.5) is 5.69 Å². The number of carbonyl (C=O) groups is 1. The van der Waals surface area contributed by atoms with E-state index in [0.29, 0.717) is 5.69 Å². The van der Waals surface area contributed by atoms with E-state index in [-0.39, 0.29) is 11.9 Å². The lowest BCUT2D eigenvalue weighted by molar-refractivity contribution is 0.101. The first-order chi connectivity index (χ1) is 8.58. The van der Waals surface area contributed by atoms with Crippen LogP contribution in [0.2, 0.25) is 0 Å². The second-order valence-corrected chi connectivity index (χ2v) is 4.20. The van der Waals surface area contributed by atoms with E-state index in [1.54, 1.807) is 19.3 Å². The van der Waals surface area contributed by atoms with Crippen LogP contribution in [-0.2, 0) is 7.05 Å². The molecule has 0 spiro atoms. The van der Waals surface area contributed by atoms with Gasteiger partial charge in [0.2, 0.25) is 0 Å². The fourth-order valence-corrected chi connectivity index (χ4v) is 1.66. The number of hydrogen-bond donors (Lipinski definition) is 2. The second-order valence-electron chi connectivity index (χ2n) is 4.20. The fourth-order valence-electron chi connectivity index (χ4n) is 1.66. The Morgan fingerprint density at radius 1 is 1.33 bits per heavy atom. The standard InChI is InChI=1S/C13H16N4O/c1-9(14)10-3-5-11(6-4-10)16-13(18)12-7-8-15-17(12)2/h3-9H,14H2,1-2H3,(H,16,18). The fraction of sp³-hybridized carbons (Fsp3) is 0.231. The molecule has 94 valence electrons. The summed E-state index contributed by atoms with van der Waals surface area (Å²) in [6, 6.07) is 9.16. The van der Waals surface area contributed by atoms with Crippen LogP contribution in [0.25, 0.3) is 0 Å². The largest absolute Gasteiger partial charge is 0.324 e. The molecule has 0 fully saturated rings. The molecule has 2 rings (SSSR count). The highest BCUT2D eigenvalue weighted by atomic mass is 16.2. The van der Waals surface area contributed by atoms with Gasteiger partial charge in [0.05, 0.1) is 0 Å². The molecule has 1 aromatic carbocycles. The van der Waals surface area contributed by atoms with E-state index in [4.69, 9.17) is 5.73 Å². The molecule has 18 heavy (non-hydrogen) atoms. The topological polar surface area (TPSA) is 72.9 Å². The molecule has 1 aromatic heterocycles.